The number of nitrogens with zero attached hydrogens (tertiary/aromatic N) is 6. The molecule has 2 aliphatic heterocycles. The van der Waals surface area contributed by atoms with E-state index in [1.807, 2.05) is 0 Å². The minimum absolute atomic E-state index is 0.0528. The largest absolute Gasteiger partial charge is 0.477 e. The van der Waals surface area contributed by atoms with Crippen LogP contribution >= 0.6 is 34.9 Å². The average molecular weight is 575 g/mol. The summed E-state index contributed by atoms with van der Waals surface area (Å²) in [5.74, 6) is -3.10. The first kappa shape index (κ1) is 25.7. The van der Waals surface area contributed by atoms with E-state index in [4.69, 9.17) is 11.5 Å². The number of fused-ring (bicyclic) bond motifs is 2. The van der Waals surface area contributed by atoms with E-state index in [1.54, 1.807) is 13.0 Å². The standard InChI is InChI=1S/C21H18N8O6S3/c1-8-2-13(29-17(25-8)10(3-24-29)16(22)32)36-5-9-6-37-19-15(18(33)28(19)14(9)20(34)35)27(12(31)4-30)11-7-38-21(23)26-11/h2-4,7,15,19H,5-6H2,1H3,(H2,22,32)(H2,23,26)(H,34,35)/t15-,19-/m1/s1. The summed E-state index contributed by atoms with van der Waals surface area (Å²) in [5, 5.41) is 15.7. The van der Waals surface area contributed by atoms with Gasteiger partial charge in [0, 0.05) is 22.6 Å². The number of hydrogen-bond acceptors (Lipinski definition) is 12. The number of thioether (sulfide) groups is 2. The fourth-order valence-corrected chi connectivity index (χ4v) is 7.33. The Kier molecular flexibility index (Phi) is 6.58. The van der Waals surface area contributed by atoms with Gasteiger partial charge in [0.25, 0.3) is 17.7 Å². The number of nitrogen functional groups attached to an aromatic ring is 1. The maximum atomic E-state index is 13.2. The van der Waals surface area contributed by atoms with Gasteiger partial charge < -0.3 is 16.6 Å². The van der Waals surface area contributed by atoms with Crippen LogP contribution < -0.4 is 16.4 Å². The van der Waals surface area contributed by atoms with Crippen molar-refractivity contribution in [3.05, 3.63) is 40.2 Å². The number of amides is 3. The molecule has 5 N–H and O–H groups in total. The van der Waals surface area contributed by atoms with E-state index in [2.05, 4.69) is 15.1 Å². The van der Waals surface area contributed by atoms with Crippen molar-refractivity contribution in [3.8, 4) is 0 Å². The summed E-state index contributed by atoms with van der Waals surface area (Å²) in [4.78, 5) is 71.4. The molecule has 14 nitrogen and oxygen atoms in total. The first-order valence-corrected chi connectivity index (χ1v) is 13.7. The van der Waals surface area contributed by atoms with E-state index in [-0.39, 0.29) is 45.6 Å². The number of primary amides is 1. The Balaban J connectivity index is 1.44. The van der Waals surface area contributed by atoms with Gasteiger partial charge in [-0.2, -0.15) is 5.10 Å². The number of nitrogens with two attached hydrogens (primary N) is 2. The van der Waals surface area contributed by atoms with Crippen LogP contribution in [0, 0.1) is 6.92 Å². The zero-order valence-corrected chi connectivity index (χ0v) is 21.9. The molecular weight excluding hydrogens is 556 g/mol. The molecule has 196 valence electrons. The van der Waals surface area contributed by atoms with Crippen molar-refractivity contribution >= 4 is 81.4 Å². The molecule has 3 aromatic rings. The van der Waals surface area contributed by atoms with E-state index in [0.717, 1.165) is 21.1 Å². The van der Waals surface area contributed by atoms with Gasteiger partial charge >= 0.3 is 5.97 Å². The molecule has 0 aromatic carbocycles. The number of aryl methyl sites for hydroxylation is 1. The monoisotopic (exact) mass is 574 g/mol. The number of carboxylic acid groups (broad SMARTS) is 1. The SMILES string of the molecule is Cc1cc(SCC2=C(C(=O)O)N3C(=O)[C@@H](N(C(=O)C=O)c4csc(N)n4)[C@H]3SC2)n2ncc(C(N)=O)c2n1. The lowest BCUT2D eigenvalue weighted by Gasteiger charge is -2.52. The van der Waals surface area contributed by atoms with E-state index in [1.165, 1.54) is 39.6 Å². The number of carboxylic acids is 1. The molecule has 0 saturated carbocycles. The van der Waals surface area contributed by atoms with Gasteiger partial charge in [0.05, 0.1) is 6.20 Å². The number of carbonyl (C=O) groups is 5. The summed E-state index contributed by atoms with van der Waals surface area (Å²) in [6.45, 7) is 1.74. The van der Waals surface area contributed by atoms with E-state index < -0.39 is 35.1 Å². The number of rotatable bonds is 8. The van der Waals surface area contributed by atoms with Gasteiger partial charge in [-0.3, -0.25) is 29.0 Å². The number of β-lactam (4-membered cyclic amide) rings is 1. The number of anilines is 2. The number of carbonyl (C=O) groups excluding carboxylic acids is 4. The number of thiazole rings is 1. The fourth-order valence-electron chi connectivity index (χ4n) is 4.21. The van der Waals surface area contributed by atoms with E-state index >= 15 is 0 Å². The van der Waals surface area contributed by atoms with E-state index in [9.17, 15) is 29.1 Å². The van der Waals surface area contributed by atoms with Crippen molar-refractivity contribution in [1.29, 1.82) is 0 Å². The van der Waals surface area contributed by atoms with Crippen LogP contribution in [0.1, 0.15) is 16.1 Å². The average Bonchev–Trinajstić information content (AvgIpc) is 3.50. The Labute approximate surface area is 226 Å². The van der Waals surface area contributed by atoms with Crippen LogP contribution in [0.25, 0.3) is 5.65 Å². The molecule has 38 heavy (non-hydrogen) atoms. The van der Waals surface area contributed by atoms with Crippen molar-refractivity contribution in [3.63, 3.8) is 0 Å². The van der Waals surface area contributed by atoms with Crippen LogP contribution in [-0.2, 0) is 19.2 Å². The molecule has 3 aromatic heterocycles. The van der Waals surface area contributed by atoms with Gasteiger partial charge in [0.1, 0.15) is 33.5 Å². The van der Waals surface area contributed by atoms with E-state index in [0.29, 0.717) is 16.3 Å². The molecule has 0 unspecified atom stereocenters. The highest BCUT2D eigenvalue weighted by Crippen LogP contribution is 2.44. The van der Waals surface area contributed by atoms with Gasteiger partial charge in [-0.15, -0.1) is 34.9 Å². The second-order valence-corrected chi connectivity index (χ2v) is 11.2. The highest BCUT2D eigenvalue weighted by atomic mass is 32.2. The number of aliphatic carboxylic acids is 1. The normalized spacial score (nSPS) is 18.8. The minimum atomic E-state index is -1.30. The maximum Gasteiger partial charge on any atom is 0.352 e. The second kappa shape index (κ2) is 9.73. The van der Waals surface area contributed by atoms with Crippen LogP contribution in [0.3, 0.4) is 0 Å². The molecule has 2 atom stereocenters. The van der Waals surface area contributed by atoms with Gasteiger partial charge in [-0.05, 0) is 18.6 Å². The third-order valence-electron chi connectivity index (χ3n) is 5.82. The Morgan fingerprint density at radius 3 is 2.74 bits per heavy atom. The molecule has 5 heterocycles. The lowest BCUT2D eigenvalue weighted by atomic mass is 10.0. The maximum absolute atomic E-state index is 13.2. The minimum Gasteiger partial charge on any atom is -0.477 e. The summed E-state index contributed by atoms with van der Waals surface area (Å²) in [5.41, 5.74) is 12.4. The first-order chi connectivity index (χ1) is 18.1. The molecule has 2 aliphatic rings. The zero-order valence-electron chi connectivity index (χ0n) is 19.4. The van der Waals surface area contributed by atoms with Crippen LogP contribution in [0.15, 0.2) is 33.9 Å². The van der Waals surface area contributed by atoms with Crippen LogP contribution in [0.4, 0.5) is 10.9 Å². The summed E-state index contributed by atoms with van der Waals surface area (Å²) >= 11 is 3.57. The molecule has 0 spiro atoms. The van der Waals surface area contributed by atoms with Gasteiger partial charge in [0.15, 0.2) is 10.8 Å². The number of aldehydes is 1. The highest BCUT2D eigenvalue weighted by molar-refractivity contribution is 8.01. The lowest BCUT2D eigenvalue weighted by molar-refractivity contribution is -0.149. The third kappa shape index (κ3) is 4.17. The summed E-state index contributed by atoms with van der Waals surface area (Å²) in [7, 11) is 0. The number of hydrogen-bond donors (Lipinski definition) is 3. The van der Waals surface area contributed by atoms with Gasteiger partial charge in [-0.25, -0.2) is 19.3 Å². The zero-order chi connectivity index (χ0) is 27.3. The van der Waals surface area contributed by atoms with Gasteiger partial charge in [0.2, 0.25) is 6.29 Å². The predicted octanol–water partition coefficient (Wildman–Crippen LogP) is 0.122. The van der Waals surface area contributed by atoms with Crippen molar-refractivity contribution in [2.45, 2.75) is 23.4 Å². The highest BCUT2D eigenvalue weighted by Gasteiger charge is 2.57. The molecule has 0 bridgehead atoms. The quantitative estimate of drug-likeness (QED) is 0.108. The summed E-state index contributed by atoms with van der Waals surface area (Å²) in [6.07, 6.45) is 1.39. The topological polar surface area (TPSA) is 207 Å². The van der Waals surface area contributed by atoms with Crippen molar-refractivity contribution in [2.75, 3.05) is 22.1 Å². The van der Waals surface area contributed by atoms with Crippen molar-refractivity contribution in [1.82, 2.24) is 24.5 Å². The van der Waals surface area contributed by atoms with Crippen LogP contribution in [-0.4, -0.2) is 82.5 Å². The molecule has 0 radical (unpaired) electrons. The summed E-state index contributed by atoms with van der Waals surface area (Å²) in [6, 6.07) is 0.629. The molecule has 3 amide bonds. The van der Waals surface area contributed by atoms with Crippen molar-refractivity contribution < 1.29 is 29.1 Å². The Bertz CT molecular complexity index is 1570. The fraction of sp³-hybridized carbons (Fsp3) is 0.238. The molecule has 17 heteroatoms. The first-order valence-electron chi connectivity index (χ1n) is 10.8. The molecule has 5 rings (SSSR count). The third-order valence-corrected chi connectivity index (χ3v) is 8.89. The molecular formula is C21H18N8O6S3. The Hall–Kier alpha value is -3.96. The Morgan fingerprint density at radius 2 is 2.11 bits per heavy atom. The smallest absolute Gasteiger partial charge is 0.352 e. The number of aromatic nitrogens is 4. The van der Waals surface area contributed by atoms with Crippen LogP contribution in [0.5, 0.6) is 0 Å². The molecule has 0 aliphatic carbocycles. The van der Waals surface area contributed by atoms with Crippen LogP contribution in [0.2, 0.25) is 0 Å². The summed E-state index contributed by atoms with van der Waals surface area (Å²) < 4.78 is 1.45. The van der Waals surface area contributed by atoms with Crippen molar-refractivity contribution in [2.24, 2.45) is 5.73 Å². The van der Waals surface area contributed by atoms with Gasteiger partial charge in [-0.1, -0.05) is 0 Å². The second-order valence-electron chi connectivity index (χ2n) is 8.16. The molecule has 1 fully saturated rings. The predicted molar refractivity (Wildman–Crippen MR) is 139 cm³/mol. The lowest BCUT2D eigenvalue weighted by Crippen LogP contribution is -2.72. The Morgan fingerprint density at radius 1 is 1.34 bits per heavy atom. The molecule has 1 saturated heterocycles.